The minimum absolute atomic E-state index is 0.0197. The zero-order valence-corrected chi connectivity index (χ0v) is 11.4. The molecule has 0 bridgehead atoms. The Balaban J connectivity index is 2.87. The van der Waals surface area contributed by atoms with Crippen molar-refractivity contribution < 1.29 is 19.8 Å². The van der Waals surface area contributed by atoms with Crippen LogP contribution in [0.2, 0.25) is 0 Å². The van der Waals surface area contributed by atoms with Crippen LogP contribution in [0.5, 0.6) is 0 Å². The highest BCUT2D eigenvalue weighted by atomic mass is 79.9. The summed E-state index contributed by atoms with van der Waals surface area (Å²) in [7, 11) is 0. The van der Waals surface area contributed by atoms with Gasteiger partial charge in [0, 0.05) is 23.1 Å². The van der Waals surface area contributed by atoms with Gasteiger partial charge in [-0.15, -0.1) is 0 Å². The molecule has 0 aliphatic heterocycles. The van der Waals surface area contributed by atoms with E-state index in [0.29, 0.717) is 5.56 Å². The highest BCUT2D eigenvalue weighted by Crippen LogP contribution is 2.19. The Hall–Kier alpha value is -1.40. The first kappa shape index (κ1) is 14.7. The van der Waals surface area contributed by atoms with Crippen LogP contribution in [0.3, 0.4) is 0 Å². The average Bonchev–Trinajstić information content (AvgIpc) is 2.31. The first-order valence-corrected chi connectivity index (χ1v) is 6.16. The lowest BCUT2D eigenvalue weighted by molar-refractivity contribution is -0.139. The molecule has 1 amide bonds. The van der Waals surface area contributed by atoms with Gasteiger partial charge in [0.05, 0.1) is 0 Å². The molecule has 0 saturated carbocycles. The highest BCUT2D eigenvalue weighted by Gasteiger charge is 2.21. The third kappa shape index (κ3) is 3.54. The maximum Gasteiger partial charge on any atom is 0.326 e. The molecule has 18 heavy (non-hydrogen) atoms. The quantitative estimate of drug-likeness (QED) is 0.765. The van der Waals surface area contributed by atoms with E-state index in [1.54, 1.807) is 25.1 Å². The predicted molar refractivity (Wildman–Crippen MR) is 69.5 cm³/mol. The van der Waals surface area contributed by atoms with Crippen molar-refractivity contribution in [3.05, 3.63) is 33.8 Å². The second-order valence-corrected chi connectivity index (χ2v) is 4.64. The number of nitrogens with one attached hydrogen (secondary N) is 1. The number of aliphatic hydroxyl groups excluding tert-OH is 1. The van der Waals surface area contributed by atoms with Crippen molar-refractivity contribution in [2.75, 3.05) is 6.61 Å². The first-order valence-electron chi connectivity index (χ1n) is 5.37. The standard InChI is InChI=1S/C12H14BrNO4/c1-7-8(3-2-4-9(7)13)11(16)14-10(5-6-15)12(17)18/h2-4,10,15H,5-6H2,1H3,(H,14,16)(H,17,18)/t10-/m0/s1. The number of hydrogen-bond acceptors (Lipinski definition) is 3. The summed E-state index contributed by atoms with van der Waals surface area (Å²) in [5.41, 5.74) is 1.15. The van der Waals surface area contributed by atoms with Crippen molar-refractivity contribution in [1.29, 1.82) is 0 Å². The SMILES string of the molecule is Cc1c(Br)cccc1C(=O)N[C@@H](CCO)C(=O)O. The van der Waals surface area contributed by atoms with Gasteiger partial charge in [-0.25, -0.2) is 4.79 Å². The molecule has 6 heteroatoms. The molecule has 1 atom stereocenters. The smallest absolute Gasteiger partial charge is 0.326 e. The fourth-order valence-corrected chi connectivity index (χ4v) is 1.84. The topological polar surface area (TPSA) is 86.6 Å². The average molecular weight is 316 g/mol. The molecular formula is C12H14BrNO4. The van der Waals surface area contributed by atoms with Gasteiger partial charge in [-0.1, -0.05) is 22.0 Å². The Kier molecular flexibility index (Phi) is 5.30. The molecule has 98 valence electrons. The highest BCUT2D eigenvalue weighted by molar-refractivity contribution is 9.10. The van der Waals surface area contributed by atoms with Crippen LogP contribution in [-0.4, -0.2) is 34.7 Å². The summed E-state index contributed by atoms with van der Waals surface area (Å²) in [6.45, 7) is 1.47. The molecule has 0 aliphatic rings. The molecule has 0 radical (unpaired) electrons. The molecule has 1 aromatic carbocycles. The van der Waals surface area contributed by atoms with Crippen LogP contribution in [0.4, 0.5) is 0 Å². The molecule has 1 aromatic rings. The van der Waals surface area contributed by atoms with Crippen LogP contribution >= 0.6 is 15.9 Å². The van der Waals surface area contributed by atoms with E-state index < -0.39 is 17.9 Å². The number of rotatable bonds is 5. The summed E-state index contributed by atoms with van der Waals surface area (Å²) >= 11 is 3.30. The molecular weight excluding hydrogens is 302 g/mol. The first-order chi connectivity index (χ1) is 8.47. The monoisotopic (exact) mass is 315 g/mol. The molecule has 0 heterocycles. The number of hydrogen-bond donors (Lipinski definition) is 3. The van der Waals surface area contributed by atoms with Gasteiger partial charge in [0.15, 0.2) is 0 Å². The molecule has 0 fully saturated rings. The van der Waals surface area contributed by atoms with Gasteiger partial charge in [-0.2, -0.15) is 0 Å². The van der Waals surface area contributed by atoms with Crippen molar-refractivity contribution in [1.82, 2.24) is 5.32 Å². The summed E-state index contributed by atoms with van der Waals surface area (Å²) in [6, 6.07) is 4.04. The van der Waals surface area contributed by atoms with Crippen LogP contribution < -0.4 is 5.32 Å². The van der Waals surface area contributed by atoms with Gasteiger partial charge in [0.25, 0.3) is 5.91 Å². The van der Waals surface area contributed by atoms with Crippen molar-refractivity contribution in [3.8, 4) is 0 Å². The molecule has 1 rings (SSSR count). The van der Waals surface area contributed by atoms with Crippen LogP contribution in [0.1, 0.15) is 22.3 Å². The maximum absolute atomic E-state index is 11.9. The minimum Gasteiger partial charge on any atom is -0.480 e. The molecule has 5 nitrogen and oxygen atoms in total. The largest absolute Gasteiger partial charge is 0.480 e. The van der Waals surface area contributed by atoms with Gasteiger partial charge in [0.2, 0.25) is 0 Å². The van der Waals surface area contributed by atoms with E-state index in [-0.39, 0.29) is 13.0 Å². The lowest BCUT2D eigenvalue weighted by atomic mass is 10.1. The Morgan fingerprint density at radius 2 is 2.11 bits per heavy atom. The lowest BCUT2D eigenvalue weighted by Gasteiger charge is -2.14. The van der Waals surface area contributed by atoms with Crippen LogP contribution in [0.25, 0.3) is 0 Å². The number of aliphatic hydroxyl groups is 1. The molecule has 0 saturated heterocycles. The summed E-state index contributed by atoms with van der Waals surface area (Å²) < 4.78 is 0.782. The van der Waals surface area contributed by atoms with E-state index in [9.17, 15) is 9.59 Å². The number of amides is 1. The normalized spacial score (nSPS) is 11.9. The number of halogens is 1. The van der Waals surface area contributed by atoms with E-state index >= 15 is 0 Å². The second-order valence-electron chi connectivity index (χ2n) is 3.79. The van der Waals surface area contributed by atoms with Crippen molar-refractivity contribution >= 4 is 27.8 Å². The van der Waals surface area contributed by atoms with E-state index in [0.717, 1.165) is 10.0 Å². The number of carbonyl (C=O) groups excluding carboxylic acids is 1. The number of benzene rings is 1. The molecule has 0 unspecified atom stereocenters. The predicted octanol–water partition coefficient (Wildman–Crippen LogP) is 1.32. The zero-order chi connectivity index (χ0) is 13.7. The maximum atomic E-state index is 11.9. The van der Waals surface area contributed by atoms with Gasteiger partial charge in [-0.3, -0.25) is 4.79 Å². The van der Waals surface area contributed by atoms with E-state index in [1.165, 1.54) is 0 Å². The van der Waals surface area contributed by atoms with Crippen LogP contribution in [-0.2, 0) is 4.79 Å². The Morgan fingerprint density at radius 1 is 1.44 bits per heavy atom. The van der Waals surface area contributed by atoms with Gasteiger partial charge in [-0.05, 0) is 24.6 Å². The van der Waals surface area contributed by atoms with Gasteiger partial charge in [0.1, 0.15) is 6.04 Å². The Labute approximate surface area is 113 Å². The molecule has 0 aliphatic carbocycles. The summed E-state index contributed by atoms with van der Waals surface area (Å²) in [4.78, 5) is 22.8. The van der Waals surface area contributed by atoms with Crippen molar-refractivity contribution in [3.63, 3.8) is 0 Å². The van der Waals surface area contributed by atoms with E-state index in [2.05, 4.69) is 21.2 Å². The molecule has 0 aromatic heterocycles. The second kappa shape index (κ2) is 6.51. The summed E-state index contributed by atoms with van der Waals surface area (Å²) in [5.74, 6) is -1.63. The van der Waals surface area contributed by atoms with E-state index in [1.807, 2.05) is 0 Å². The van der Waals surface area contributed by atoms with Crippen molar-refractivity contribution in [2.24, 2.45) is 0 Å². The third-order valence-corrected chi connectivity index (χ3v) is 3.39. The molecule has 3 N–H and O–H groups in total. The number of carbonyl (C=O) groups is 2. The fourth-order valence-electron chi connectivity index (χ4n) is 1.48. The van der Waals surface area contributed by atoms with Gasteiger partial charge < -0.3 is 15.5 Å². The summed E-state index contributed by atoms with van der Waals surface area (Å²) in [5, 5.41) is 20.0. The van der Waals surface area contributed by atoms with E-state index in [4.69, 9.17) is 10.2 Å². The number of aliphatic carboxylic acids is 1. The zero-order valence-electron chi connectivity index (χ0n) is 9.81. The van der Waals surface area contributed by atoms with Crippen LogP contribution in [0.15, 0.2) is 22.7 Å². The number of carboxylic acid groups (broad SMARTS) is 1. The number of carboxylic acids is 1. The molecule has 0 spiro atoms. The fraction of sp³-hybridized carbons (Fsp3) is 0.333. The Morgan fingerprint density at radius 3 is 2.67 bits per heavy atom. The Bertz CT molecular complexity index is 461. The van der Waals surface area contributed by atoms with Crippen molar-refractivity contribution in [2.45, 2.75) is 19.4 Å². The lowest BCUT2D eigenvalue weighted by Crippen LogP contribution is -2.41. The summed E-state index contributed by atoms with van der Waals surface area (Å²) in [6.07, 6.45) is -0.0197. The minimum atomic E-state index is -1.16. The van der Waals surface area contributed by atoms with Crippen LogP contribution in [0, 0.1) is 6.92 Å². The van der Waals surface area contributed by atoms with Gasteiger partial charge >= 0.3 is 5.97 Å². The third-order valence-electron chi connectivity index (χ3n) is 2.53.